The lowest BCUT2D eigenvalue weighted by Gasteiger charge is -2.43. The van der Waals surface area contributed by atoms with E-state index in [1.54, 1.807) is 28.8 Å². The Morgan fingerprint density at radius 3 is 2.39 bits per heavy atom. The standard InChI is InChI=1S/C29H27ClN2O4/c30-23-7-10-25-26(18-23)31(24-8-5-19(6-9-24)20-11-15-36-16-12-20)28(35)32(25)29(13-2-14-29)22-4-1-3-21(17-22)27(33)34/h1,3-10,17-18,20H,2,11-16H2,(H,33,34). The summed E-state index contributed by atoms with van der Waals surface area (Å²) in [4.78, 5) is 25.8. The molecule has 184 valence electrons. The summed E-state index contributed by atoms with van der Waals surface area (Å²) in [6.07, 6.45) is 4.50. The molecule has 2 aliphatic rings. The Kier molecular flexibility index (Phi) is 5.73. The van der Waals surface area contributed by atoms with E-state index in [9.17, 15) is 14.7 Å². The van der Waals surface area contributed by atoms with E-state index >= 15 is 0 Å². The van der Waals surface area contributed by atoms with Crippen LogP contribution in [0.1, 0.15) is 59.5 Å². The first-order valence-electron chi connectivity index (χ1n) is 12.4. The van der Waals surface area contributed by atoms with Crippen LogP contribution in [-0.2, 0) is 10.3 Å². The molecule has 0 atom stereocenters. The van der Waals surface area contributed by atoms with Gasteiger partial charge in [0.1, 0.15) is 0 Å². The number of aromatic carboxylic acids is 1. The molecule has 0 bridgehead atoms. The summed E-state index contributed by atoms with van der Waals surface area (Å²) in [5.41, 5.74) is 3.91. The third-order valence-electron chi connectivity index (χ3n) is 7.90. The number of hydrogen-bond acceptors (Lipinski definition) is 3. The maximum Gasteiger partial charge on any atom is 0.335 e. The highest BCUT2D eigenvalue weighted by atomic mass is 35.5. The van der Waals surface area contributed by atoms with E-state index in [2.05, 4.69) is 12.1 Å². The molecule has 6 nitrogen and oxygen atoms in total. The van der Waals surface area contributed by atoms with Crippen LogP contribution >= 0.6 is 11.6 Å². The van der Waals surface area contributed by atoms with Gasteiger partial charge in [0.15, 0.2) is 0 Å². The number of fused-ring (bicyclic) bond motifs is 1. The Hall–Kier alpha value is -3.35. The molecule has 1 saturated carbocycles. The van der Waals surface area contributed by atoms with Crippen LogP contribution in [0.5, 0.6) is 0 Å². The fourth-order valence-corrected chi connectivity index (χ4v) is 6.02. The normalized spacial score (nSPS) is 17.7. The molecule has 0 spiro atoms. The Bertz CT molecular complexity index is 1510. The number of aromatic nitrogens is 2. The maximum absolute atomic E-state index is 14.2. The van der Waals surface area contributed by atoms with Crippen LogP contribution in [0.3, 0.4) is 0 Å². The highest BCUT2D eigenvalue weighted by molar-refractivity contribution is 6.31. The van der Waals surface area contributed by atoms with Gasteiger partial charge < -0.3 is 9.84 Å². The van der Waals surface area contributed by atoms with Gasteiger partial charge in [0, 0.05) is 18.2 Å². The van der Waals surface area contributed by atoms with Crippen molar-refractivity contribution in [1.82, 2.24) is 9.13 Å². The molecule has 1 saturated heterocycles. The van der Waals surface area contributed by atoms with E-state index in [0.29, 0.717) is 10.9 Å². The van der Waals surface area contributed by atoms with Gasteiger partial charge in [-0.05, 0) is 91.6 Å². The lowest BCUT2D eigenvalue weighted by Crippen LogP contribution is -2.47. The molecule has 3 aromatic carbocycles. The molecular weight excluding hydrogens is 476 g/mol. The molecule has 0 unspecified atom stereocenters. The Morgan fingerprint density at radius 2 is 1.72 bits per heavy atom. The van der Waals surface area contributed by atoms with Crippen LogP contribution in [-0.4, -0.2) is 33.4 Å². The van der Waals surface area contributed by atoms with Crippen LogP contribution < -0.4 is 5.69 Å². The quantitative estimate of drug-likeness (QED) is 0.365. The first kappa shape index (κ1) is 23.1. The van der Waals surface area contributed by atoms with Crippen LogP contribution in [0.4, 0.5) is 0 Å². The second kappa shape index (κ2) is 8.95. The number of halogens is 1. The molecule has 2 fully saturated rings. The molecule has 0 amide bonds. The van der Waals surface area contributed by atoms with Crippen molar-refractivity contribution < 1.29 is 14.6 Å². The number of ether oxygens (including phenoxy) is 1. The summed E-state index contributed by atoms with van der Waals surface area (Å²) >= 11 is 6.40. The summed E-state index contributed by atoms with van der Waals surface area (Å²) < 4.78 is 9.09. The lowest BCUT2D eigenvalue weighted by molar-refractivity contribution is 0.0696. The van der Waals surface area contributed by atoms with Gasteiger partial charge in [-0.15, -0.1) is 0 Å². The van der Waals surface area contributed by atoms with E-state index in [1.807, 2.05) is 34.9 Å². The van der Waals surface area contributed by atoms with Crippen molar-refractivity contribution >= 4 is 28.6 Å². The first-order chi connectivity index (χ1) is 17.5. The zero-order valence-electron chi connectivity index (χ0n) is 19.8. The summed E-state index contributed by atoms with van der Waals surface area (Å²) in [7, 11) is 0. The molecule has 1 N–H and O–H groups in total. The summed E-state index contributed by atoms with van der Waals surface area (Å²) in [6.45, 7) is 1.56. The monoisotopic (exact) mass is 502 g/mol. The van der Waals surface area contributed by atoms with Crippen molar-refractivity contribution in [2.45, 2.75) is 43.6 Å². The zero-order chi connectivity index (χ0) is 24.9. The highest BCUT2D eigenvalue weighted by Crippen LogP contribution is 2.46. The van der Waals surface area contributed by atoms with Gasteiger partial charge in [0.2, 0.25) is 0 Å². The predicted molar refractivity (Wildman–Crippen MR) is 140 cm³/mol. The number of carbonyl (C=O) groups is 1. The van der Waals surface area contributed by atoms with Gasteiger partial charge in [-0.3, -0.25) is 9.13 Å². The molecule has 1 aromatic heterocycles. The van der Waals surface area contributed by atoms with E-state index < -0.39 is 11.5 Å². The van der Waals surface area contributed by atoms with Crippen molar-refractivity contribution in [2.75, 3.05) is 13.2 Å². The molecule has 36 heavy (non-hydrogen) atoms. The van der Waals surface area contributed by atoms with E-state index in [1.165, 1.54) is 5.56 Å². The number of carboxylic acid groups (broad SMARTS) is 1. The summed E-state index contributed by atoms with van der Waals surface area (Å²) in [5, 5.41) is 10.1. The second-order valence-corrected chi connectivity index (χ2v) is 10.3. The smallest absolute Gasteiger partial charge is 0.335 e. The van der Waals surface area contributed by atoms with Crippen LogP contribution in [0.25, 0.3) is 16.7 Å². The van der Waals surface area contributed by atoms with Gasteiger partial charge in [0.05, 0.1) is 27.8 Å². The van der Waals surface area contributed by atoms with Crippen LogP contribution in [0.15, 0.2) is 71.5 Å². The van der Waals surface area contributed by atoms with Crippen LogP contribution in [0, 0.1) is 0 Å². The number of hydrogen-bond donors (Lipinski definition) is 1. The maximum atomic E-state index is 14.2. The zero-order valence-corrected chi connectivity index (χ0v) is 20.6. The van der Waals surface area contributed by atoms with E-state index in [-0.39, 0.29) is 11.3 Å². The number of rotatable bonds is 5. The molecule has 0 radical (unpaired) electrons. The molecule has 6 rings (SSSR count). The predicted octanol–water partition coefficient (Wildman–Crippen LogP) is 5.97. The lowest BCUT2D eigenvalue weighted by atomic mass is 9.71. The molecule has 1 aliphatic carbocycles. The Labute approximate surface area is 213 Å². The largest absolute Gasteiger partial charge is 0.478 e. The third-order valence-corrected chi connectivity index (χ3v) is 8.14. The van der Waals surface area contributed by atoms with Gasteiger partial charge in [0.25, 0.3) is 0 Å². The van der Waals surface area contributed by atoms with E-state index in [0.717, 1.165) is 67.6 Å². The minimum atomic E-state index is -0.975. The molecule has 7 heteroatoms. The minimum absolute atomic E-state index is 0.147. The summed E-state index contributed by atoms with van der Waals surface area (Å²) in [6, 6.07) is 20.8. The van der Waals surface area contributed by atoms with Gasteiger partial charge in [-0.1, -0.05) is 35.9 Å². The topological polar surface area (TPSA) is 73.5 Å². The Morgan fingerprint density at radius 1 is 0.972 bits per heavy atom. The number of benzene rings is 3. The molecule has 2 heterocycles. The highest BCUT2D eigenvalue weighted by Gasteiger charge is 2.43. The minimum Gasteiger partial charge on any atom is -0.478 e. The van der Waals surface area contributed by atoms with Gasteiger partial charge >= 0.3 is 11.7 Å². The van der Waals surface area contributed by atoms with Gasteiger partial charge in [-0.2, -0.15) is 0 Å². The fraction of sp³-hybridized carbons (Fsp3) is 0.310. The van der Waals surface area contributed by atoms with Crippen molar-refractivity contribution in [3.05, 3.63) is 98.9 Å². The SMILES string of the molecule is O=C(O)c1cccc(C2(n3c(=O)n(-c4ccc(C5CCOCC5)cc4)c4cc(Cl)ccc43)CCC2)c1. The van der Waals surface area contributed by atoms with Crippen molar-refractivity contribution in [1.29, 1.82) is 0 Å². The molecule has 4 aromatic rings. The molecule has 1 aliphatic heterocycles. The average molecular weight is 503 g/mol. The van der Waals surface area contributed by atoms with Gasteiger partial charge in [-0.25, -0.2) is 9.59 Å². The second-order valence-electron chi connectivity index (χ2n) is 9.84. The van der Waals surface area contributed by atoms with Crippen LogP contribution in [0.2, 0.25) is 5.02 Å². The first-order valence-corrected chi connectivity index (χ1v) is 12.8. The fourth-order valence-electron chi connectivity index (χ4n) is 5.86. The van der Waals surface area contributed by atoms with Crippen molar-refractivity contribution in [2.24, 2.45) is 0 Å². The summed E-state index contributed by atoms with van der Waals surface area (Å²) in [5.74, 6) is -0.502. The molecular formula is C29H27ClN2O4. The third kappa shape index (κ3) is 3.67. The number of carboxylic acids is 1. The number of imidazole rings is 1. The average Bonchev–Trinajstić information content (AvgIpc) is 3.15. The van der Waals surface area contributed by atoms with Crippen molar-refractivity contribution in [3.63, 3.8) is 0 Å². The number of nitrogens with zero attached hydrogens (tertiary/aromatic N) is 2. The Balaban J connectivity index is 1.52. The van der Waals surface area contributed by atoms with Crippen molar-refractivity contribution in [3.8, 4) is 5.69 Å². The van der Waals surface area contributed by atoms with E-state index in [4.69, 9.17) is 16.3 Å².